The smallest absolute Gasteiger partial charge is 0.240 e. The Labute approximate surface area is 151 Å². The number of hydrogen-bond donors (Lipinski definition) is 2. The highest BCUT2D eigenvalue weighted by Gasteiger charge is 2.35. The van der Waals surface area contributed by atoms with Gasteiger partial charge in [-0.15, -0.1) is 24.8 Å². The van der Waals surface area contributed by atoms with E-state index in [4.69, 9.17) is 5.73 Å². The van der Waals surface area contributed by atoms with Crippen molar-refractivity contribution in [3.8, 4) is 0 Å². The Hall–Kier alpha value is -0.840. The van der Waals surface area contributed by atoms with Crippen molar-refractivity contribution in [1.82, 2.24) is 10.3 Å². The molecule has 23 heavy (non-hydrogen) atoms. The molecule has 0 spiro atoms. The van der Waals surface area contributed by atoms with Crippen LogP contribution in [0.25, 0.3) is 0 Å². The molecule has 0 radical (unpaired) electrons. The number of nitrogens with two attached hydrogens (primary N) is 1. The maximum Gasteiger partial charge on any atom is 0.240 e. The van der Waals surface area contributed by atoms with Crippen LogP contribution >= 0.6 is 24.8 Å². The largest absolute Gasteiger partial charge is 0.354 e. The highest BCUT2D eigenvalue weighted by molar-refractivity contribution is 5.86. The van der Waals surface area contributed by atoms with Crippen LogP contribution in [0.15, 0.2) is 24.5 Å². The molecule has 2 rings (SSSR count). The minimum Gasteiger partial charge on any atom is -0.354 e. The van der Waals surface area contributed by atoms with Crippen LogP contribution in [0.5, 0.6) is 0 Å². The third-order valence-corrected chi connectivity index (χ3v) is 4.60. The van der Waals surface area contributed by atoms with E-state index in [9.17, 15) is 4.79 Å². The van der Waals surface area contributed by atoms with E-state index in [0.29, 0.717) is 12.5 Å². The van der Waals surface area contributed by atoms with Crippen molar-refractivity contribution in [1.29, 1.82) is 0 Å². The molecule has 1 atom stereocenters. The van der Waals surface area contributed by atoms with Crippen LogP contribution in [0, 0.1) is 5.92 Å². The zero-order chi connectivity index (χ0) is 15.3. The fraction of sp³-hybridized carbons (Fsp3) is 0.647. The van der Waals surface area contributed by atoms with Crippen LogP contribution in [0.1, 0.15) is 57.4 Å². The van der Waals surface area contributed by atoms with Crippen molar-refractivity contribution < 1.29 is 4.79 Å². The Kier molecular flexibility index (Phi) is 9.74. The summed E-state index contributed by atoms with van der Waals surface area (Å²) in [6.45, 7) is 4.96. The van der Waals surface area contributed by atoms with Gasteiger partial charge in [-0.1, -0.05) is 39.2 Å². The second-order valence-electron chi connectivity index (χ2n) is 6.56. The van der Waals surface area contributed by atoms with Crippen molar-refractivity contribution in [2.24, 2.45) is 11.7 Å². The summed E-state index contributed by atoms with van der Waals surface area (Å²) in [6.07, 6.45) is 8.57. The topological polar surface area (TPSA) is 68.0 Å². The monoisotopic (exact) mass is 361 g/mol. The second-order valence-corrected chi connectivity index (χ2v) is 6.56. The van der Waals surface area contributed by atoms with Crippen molar-refractivity contribution in [3.63, 3.8) is 0 Å². The van der Waals surface area contributed by atoms with Gasteiger partial charge < -0.3 is 11.1 Å². The molecule has 1 unspecified atom stereocenters. The van der Waals surface area contributed by atoms with Gasteiger partial charge in [0.2, 0.25) is 5.91 Å². The molecular weight excluding hydrogens is 333 g/mol. The molecule has 1 fully saturated rings. The highest BCUT2D eigenvalue weighted by Crippen LogP contribution is 2.27. The van der Waals surface area contributed by atoms with Gasteiger partial charge in [-0.3, -0.25) is 9.78 Å². The molecule has 1 saturated carbocycles. The van der Waals surface area contributed by atoms with Crippen molar-refractivity contribution in [2.75, 3.05) is 6.54 Å². The molecule has 3 N–H and O–H groups in total. The van der Waals surface area contributed by atoms with E-state index < -0.39 is 5.54 Å². The van der Waals surface area contributed by atoms with Crippen molar-refractivity contribution in [2.45, 2.75) is 57.4 Å². The van der Waals surface area contributed by atoms with Gasteiger partial charge >= 0.3 is 0 Å². The maximum atomic E-state index is 12.4. The number of carbonyl (C=O) groups excluding carboxylic acids is 1. The van der Waals surface area contributed by atoms with E-state index in [1.807, 2.05) is 12.3 Å². The summed E-state index contributed by atoms with van der Waals surface area (Å²) in [4.78, 5) is 16.6. The SMILES string of the molecule is CC(C)C(CNC(=O)C1(N)CCCCC1)c1cccnc1.Cl.Cl. The maximum absolute atomic E-state index is 12.4. The van der Waals surface area contributed by atoms with E-state index in [1.54, 1.807) is 6.20 Å². The average Bonchev–Trinajstić information content (AvgIpc) is 2.48. The Balaban J connectivity index is 0.00000242. The van der Waals surface area contributed by atoms with Crippen LogP contribution in [-0.4, -0.2) is 23.0 Å². The number of amides is 1. The standard InChI is InChI=1S/C17H27N3O.2ClH/c1-13(2)15(14-7-6-10-19-11-14)12-20-16(21)17(18)8-4-3-5-9-17;;/h6-7,10-11,13,15H,3-5,8-9,12,18H2,1-2H3,(H,20,21);2*1H. The average molecular weight is 362 g/mol. The molecule has 6 heteroatoms. The summed E-state index contributed by atoms with van der Waals surface area (Å²) in [7, 11) is 0. The molecule has 1 aliphatic carbocycles. The number of hydrogen-bond acceptors (Lipinski definition) is 3. The fourth-order valence-corrected chi connectivity index (χ4v) is 3.12. The summed E-state index contributed by atoms with van der Waals surface area (Å²) in [5.41, 5.74) is 6.79. The minimum absolute atomic E-state index is 0. The first-order chi connectivity index (χ1) is 10.0. The molecule has 1 amide bonds. The molecule has 0 aliphatic heterocycles. The van der Waals surface area contributed by atoms with Gasteiger partial charge in [0.05, 0.1) is 5.54 Å². The third kappa shape index (κ3) is 5.94. The lowest BCUT2D eigenvalue weighted by Crippen LogP contribution is -2.55. The van der Waals surface area contributed by atoms with Gasteiger partial charge in [0.25, 0.3) is 0 Å². The van der Waals surface area contributed by atoms with Crippen LogP contribution in [-0.2, 0) is 4.79 Å². The van der Waals surface area contributed by atoms with Gasteiger partial charge in [-0.25, -0.2) is 0 Å². The minimum atomic E-state index is -0.658. The van der Waals surface area contributed by atoms with Gasteiger partial charge in [0.15, 0.2) is 0 Å². The Morgan fingerprint density at radius 3 is 2.48 bits per heavy atom. The molecule has 0 bridgehead atoms. The first-order valence-corrected chi connectivity index (χ1v) is 8.00. The van der Waals surface area contributed by atoms with E-state index >= 15 is 0 Å². The van der Waals surface area contributed by atoms with Gasteiger partial charge in [0, 0.05) is 24.9 Å². The first kappa shape index (κ1) is 22.2. The molecule has 4 nitrogen and oxygen atoms in total. The number of aromatic nitrogens is 1. The van der Waals surface area contributed by atoms with Gasteiger partial charge in [0.1, 0.15) is 0 Å². The van der Waals surface area contributed by atoms with Gasteiger partial charge in [-0.05, 0) is 30.4 Å². The number of carbonyl (C=O) groups is 1. The van der Waals surface area contributed by atoms with Crippen LogP contribution in [0.4, 0.5) is 0 Å². The third-order valence-electron chi connectivity index (χ3n) is 4.60. The Morgan fingerprint density at radius 2 is 1.96 bits per heavy atom. The summed E-state index contributed by atoms with van der Waals surface area (Å²) in [5, 5.41) is 3.08. The second kappa shape index (κ2) is 10.1. The molecule has 0 saturated heterocycles. The molecular formula is C17H29Cl2N3O. The molecule has 1 heterocycles. The van der Waals surface area contributed by atoms with Crippen molar-refractivity contribution in [3.05, 3.63) is 30.1 Å². The molecule has 132 valence electrons. The molecule has 0 aromatic carbocycles. The predicted molar refractivity (Wildman–Crippen MR) is 99.3 cm³/mol. The lowest BCUT2D eigenvalue weighted by Gasteiger charge is -2.33. The van der Waals surface area contributed by atoms with Crippen molar-refractivity contribution >= 4 is 30.7 Å². The highest BCUT2D eigenvalue weighted by atomic mass is 35.5. The number of nitrogens with one attached hydrogen (secondary N) is 1. The normalized spacial score (nSPS) is 17.6. The van der Waals surface area contributed by atoms with Crippen LogP contribution < -0.4 is 11.1 Å². The van der Waals surface area contributed by atoms with Crippen LogP contribution in [0.3, 0.4) is 0 Å². The Bertz CT molecular complexity index is 462. The molecule has 1 aromatic heterocycles. The zero-order valence-corrected chi connectivity index (χ0v) is 15.6. The first-order valence-electron chi connectivity index (χ1n) is 8.00. The lowest BCUT2D eigenvalue weighted by molar-refractivity contribution is -0.127. The lowest BCUT2D eigenvalue weighted by atomic mass is 9.81. The summed E-state index contributed by atoms with van der Waals surface area (Å²) >= 11 is 0. The van der Waals surface area contributed by atoms with E-state index in [-0.39, 0.29) is 36.6 Å². The number of halogens is 2. The number of rotatable bonds is 5. The summed E-state index contributed by atoms with van der Waals surface area (Å²) in [5.74, 6) is 0.723. The Morgan fingerprint density at radius 1 is 1.30 bits per heavy atom. The van der Waals surface area contributed by atoms with E-state index in [2.05, 4.69) is 30.2 Å². The fourth-order valence-electron chi connectivity index (χ4n) is 3.12. The molecule has 1 aromatic rings. The van der Waals surface area contributed by atoms with Crippen LogP contribution in [0.2, 0.25) is 0 Å². The van der Waals surface area contributed by atoms with E-state index in [1.165, 1.54) is 12.0 Å². The molecule has 1 aliphatic rings. The number of nitrogens with zero attached hydrogens (tertiary/aromatic N) is 1. The zero-order valence-electron chi connectivity index (χ0n) is 14.0. The summed E-state index contributed by atoms with van der Waals surface area (Å²) in [6, 6.07) is 4.01. The van der Waals surface area contributed by atoms with E-state index in [0.717, 1.165) is 25.7 Å². The predicted octanol–water partition coefficient (Wildman–Crippen LogP) is 3.44. The summed E-state index contributed by atoms with van der Waals surface area (Å²) < 4.78 is 0. The number of pyridine rings is 1. The quantitative estimate of drug-likeness (QED) is 0.843. The van der Waals surface area contributed by atoms with Gasteiger partial charge in [-0.2, -0.15) is 0 Å².